The fourth-order valence-corrected chi connectivity index (χ4v) is 1.45. The Morgan fingerprint density at radius 1 is 1.17 bits per heavy atom. The van der Waals surface area contributed by atoms with Crippen molar-refractivity contribution in [2.45, 2.75) is 25.7 Å². The van der Waals surface area contributed by atoms with Gasteiger partial charge in [-0.05, 0) is 24.3 Å². The Kier molecular flexibility index (Phi) is 1.99. The lowest BCUT2D eigenvalue weighted by Gasteiger charge is -2.04. The second-order valence-electron chi connectivity index (χ2n) is 3.52. The molecule has 0 heterocycles. The van der Waals surface area contributed by atoms with Gasteiger partial charge in [-0.1, -0.05) is 48.9 Å². The number of rotatable bonds is 2. The third kappa shape index (κ3) is 1.76. The maximum Gasteiger partial charge on any atom is -0.000776 e. The second kappa shape index (κ2) is 3.14. The minimum absolute atomic E-state index is 0.601. The van der Waals surface area contributed by atoms with Crippen LogP contribution in [0.15, 0.2) is 42.0 Å². The lowest BCUT2D eigenvalue weighted by Crippen LogP contribution is -1.86. The van der Waals surface area contributed by atoms with E-state index in [1.54, 1.807) is 5.57 Å². The zero-order valence-corrected chi connectivity index (χ0v) is 7.46. The molecular weight excluding hydrogens is 144 g/mol. The molecule has 0 spiro atoms. The SMILES string of the molecule is CC(C=C1CC1)c1ccccc1. The lowest BCUT2D eigenvalue weighted by atomic mass is 10.0. The highest BCUT2D eigenvalue weighted by atomic mass is 14.2. The highest BCUT2D eigenvalue weighted by Crippen LogP contribution is 2.31. The van der Waals surface area contributed by atoms with Gasteiger partial charge in [0.05, 0.1) is 0 Å². The highest BCUT2D eigenvalue weighted by molar-refractivity contribution is 5.27. The van der Waals surface area contributed by atoms with Gasteiger partial charge in [-0.25, -0.2) is 0 Å². The molecule has 1 aliphatic rings. The maximum atomic E-state index is 2.40. The molecule has 62 valence electrons. The summed E-state index contributed by atoms with van der Waals surface area (Å²) in [5.74, 6) is 0.601. The predicted molar refractivity (Wildman–Crippen MR) is 52.2 cm³/mol. The number of hydrogen-bond donors (Lipinski definition) is 0. The maximum absolute atomic E-state index is 2.40. The van der Waals surface area contributed by atoms with Crippen LogP contribution in [0.5, 0.6) is 0 Å². The smallest absolute Gasteiger partial charge is 0.000776 e. The summed E-state index contributed by atoms with van der Waals surface area (Å²) in [6, 6.07) is 10.7. The number of benzene rings is 1. The van der Waals surface area contributed by atoms with E-state index < -0.39 is 0 Å². The van der Waals surface area contributed by atoms with Crippen LogP contribution in [0.4, 0.5) is 0 Å². The van der Waals surface area contributed by atoms with Gasteiger partial charge in [0.25, 0.3) is 0 Å². The third-order valence-corrected chi connectivity index (χ3v) is 2.35. The van der Waals surface area contributed by atoms with Crippen molar-refractivity contribution < 1.29 is 0 Å². The molecule has 1 aromatic carbocycles. The highest BCUT2D eigenvalue weighted by Gasteiger charge is 2.12. The van der Waals surface area contributed by atoms with E-state index in [1.807, 2.05) is 0 Å². The zero-order valence-electron chi connectivity index (χ0n) is 7.46. The minimum atomic E-state index is 0.601. The Labute approximate surface area is 73.9 Å². The molecule has 1 saturated carbocycles. The first-order valence-corrected chi connectivity index (χ1v) is 4.61. The predicted octanol–water partition coefficient (Wildman–Crippen LogP) is 3.51. The molecule has 0 amide bonds. The topological polar surface area (TPSA) is 0 Å². The van der Waals surface area contributed by atoms with E-state index in [-0.39, 0.29) is 0 Å². The molecule has 0 heteroatoms. The summed E-state index contributed by atoms with van der Waals surface area (Å²) in [4.78, 5) is 0. The van der Waals surface area contributed by atoms with Gasteiger partial charge >= 0.3 is 0 Å². The Morgan fingerprint density at radius 2 is 1.83 bits per heavy atom. The molecule has 0 aliphatic heterocycles. The molecular formula is C12H14. The Morgan fingerprint density at radius 3 is 2.42 bits per heavy atom. The van der Waals surface area contributed by atoms with Gasteiger partial charge in [-0.15, -0.1) is 0 Å². The molecule has 0 nitrogen and oxygen atoms in total. The van der Waals surface area contributed by atoms with Crippen molar-refractivity contribution in [3.8, 4) is 0 Å². The summed E-state index contributed by atoms with van der Waals surface area (Å²) in [6.45, 7) is 2.26. The van der Waals surface area contributed by atoms with Crippen molar-refractivity contribution in [3.63, 3.8) is 0 Å². The van der Waals surface area contributed by atoms with Crippen molar-refractivity contribution in [2.24, 2.45) is 0 Å². The first kappa shape index (κ1) is 7.60. The molecule has 1 aliphatic carbocycles. The normalized spacial score (nSPS) is 17.2. The third-order valence-electron chi connectivity index (χ3n) is 2.35. The van der Waals surface area contributed by atoms with Crippen LogP contribution in [0.1, 0.15) is 31.2 Å². The largest absolute Gasteiger partial charge is 0.0781 e. The van der Waals surface area contributed by atoms with E-state index in [0.717, 1.165) is 0 Å². The summed E-state index contributed by atoms with van der Waals surface area (Å²) >= 11 is 0. The summed E-state index contributed by atoms with van der Waals surface area (Å²) < 4.78 is 0. The van der Waals surface area contributed by atoms with E-state index in [0.29, 0.717) is 5.92 Å². The van der Waals surface area contributed by atoms with E-state index in [1.165, 1.54) is 18.4 Å². The van der Waals surface area contributed by atoms with Gasteiger partial charge in [0.15, 0.2) is 0 Å². The Hall–Kier alpha value is -1.04. The number of hydrogen-bond acceptors (Lipinski definition) is 0. The van der Waals surface area contributed by atoms with Crippen LogP contribution in [-0.4, -0.2) is 0 Å². The van der Waals surface area contributed by atoms with E-state index >= 15 is 0 Å². The first-order valence-electron chi connectivity index (χ1n) is 4.61. The molecule has 12 heavy (non-hydrogen) atoms. The fourth-order valence-electron chi connectivity index (χ4n) is 1.45. The summed E-state index contributed by atoms with van der Waals surface area (Å²) in [5, 5.41) is 0. The molecule has 0 aromatic heterocycles. The van der Waals surface area contributed by atoms with Crippen molar-refractivity contribution in [1.29, 1.82) is 0 Å². The monoisotopic (exact) mass is 158 g/mol. The van der Waals surface area contributed by atoms with Crippen LogP contribution in [-0.2, 0) is 0 Å². The van der Waals surface area contributed by atoms with Gasteiger partial charge in [0.2, 0.25) is 0 Å². The van der Waals surface area contributed by atoms with Gasteiger partial charge in [0, 0.05) is 0 Å². The molecule has 0 saturated heterocycles. The molecule has 1 unspecified atom stereocenters. The minimum Gasteiger partial charge on any atom is -0.0781 e. The van der Waals surface area contributed by atoms with E-state index in [2.05, 4.69) is 43.3 Å². The molecule has 1 fully saturated rings. The second-order valence-corrected chi connectivity index (χ2v) is 3.52. The van der Waals surface area contributed by atoms with Crippen LogP contribution in [0, 0.1) is 0 Å². The van der Waals surface area contributed by atoms with Crippen LogP contribution in [0.25, 0.3) is 0 Å². The Bertz CT molecular complexity index is 276. The summed E-state index contributed by atoms with van der Waals surface area (Å²) in [7, 11) is 0. The van der Waals surface area contributed by atoms with Gasteiger partial charge < -0.3 is 0 Å². The van der Waals surface area contributed by atoms with Crippen molar-refractivity contribution >= 4 is 0 Å². The van der Waals surface area contributed by atoms with E-state index in [9.17, 15) is 0 Å². The molecule has 0 bridgehead atoms. The molecule has 0 N–H and O–H groups in total. The van der Waals surface area contributed by atoms with Gasteiger partial charge in [0.1, 0.15) is 0 Å². The van der Waals surface area contributed by atoms with Crippen molar-refractivity contribution in [1.82, 2.24) is 0 Å². The van der Waals surface area contributed by atoms with Crippen LogP contribution in [0.2, 0.25) is 0 Å². The molecule has 2 rings (SSSR count). The molecule has 1 atom stereocenters. The van der Waals surface area contributed by atoms with Crippen molar-refractivity contribution in [2.75, 3.05) is 0 Å². The summed E-state index contributed by atoms with van der Waals surface area (Å²) in [6.07, 6.45) is 5.06. The van der Waals surface area contributed by atoms with Crippen LogP contribution >= 0.6 is 0 Å². The van der Waals surface area contributed by atoms with Crippen LogP contribution < -0.4 is 0 Å². The molecule has 1 aromatic rings. The lowest BCUT2D eigenvalue weighted by molar-refractivity contribution is 0.963. The van der Waals surface area contributed by atoms with E-state index in [4.69, 9.17) is 0 Å². The summed E-state index contributed by atoms with van der Waals surface area (Å²) in [5.41, 5.74) is 3.06. The van der Waals surface area contributed by atoms with Gasteiger partial charge in [-0.3, -0.25) is 0 Å². The average Bonchev–Trinajstić information content (AvgIpc) is 2.90. The van der Waals surface area contributed by atoms with Crippen LogP contribution in [0.3, 0.4) is 0 Å². The average molecular weight is 158 g/mol. The first-order chi connectivity index (χ1) is 5.86. The number of allylic oxidation sites excluding steroid dienone is 2. The quantitative estimate of drug-likeness (QED) is 0.578. The zero-order chi connectivity index (χ0) is 8.39. The fraction of sp³-hybridized carbons (Fsp3) is 0.333. The molecule has 0 radical (unpaired) electrons. The standard InChI is InChI=1S/C12H14/c1-10(9-11-7-8-11)12-5-3-2-4-6-12/h2-6,9-10H,7-8H2,1H3. The van der Waals surface area contributed by atoms with Crippen molar-refractivity contribution in [3.05, 3.63) is 47.5 Å². The van der Waals surface area contributed by atoms with Gasteiger partial charge in [-0.2, -0.15) is 0 Å². The Balaban J connectivity index is 2.14.